The first-order valence-corrected chi connectivity index (χ1v) is 3.62. The van der Waals surface area contributed by atoms with Crippen molar-refractivity contribution in [1.29, 1.82) is 0 Å². The number of allylic oxidation sites excluding steroid dienone is 10. The van der Waals surface area contributed by atoms with E-state index in [-0.39, 0.29) is 11.7 Å². The lowest BCUT2D eigenvalue weighted by Crippen LogP contribution is -1.83. The molecule has 12 heavy (non-hydrogen) atoms. The summed E-state index contributed by atoms with van der Waals surface area (Å²) in [5.41, 5.74) is 0.662. The highest BCUT2D eigenvalue weighted by molar-refractivity contribution is 5.58. The summed E-state index contributed by atoms with van der Waals surface area (Å²) in [6.45, 7) is 0. The van der Waals surface area contributed by atoms with Gasteiger partial charge in [0.1, 0.15) is 11.7 Å². The second-order valence-electron chi connectivity index (χ2n) is 2.57. The molecule has 0 spiro atoms. The van der Waals surface area contributed by atoms with E-state index in [0.29, 0.717) is 11.1 Å². The smallest absolute Gasteiger partial charge is 0.131 e. The summed E-state index contributed by atoms with van der Waals surface area (Å²) in [6, 6.07) is 0. The lowest BCUT2D eigenvalue weighted by atomic mass is 10.1. The molecule has 0 bridgehead atoms. The summed E-state index contributed by atoms with van der Waals surface area (Å²) < 4.78 is 25.9. The molecule has 0 aromatic carbocycles. The predicted molar refractivity (Wildman–Crippen MR) is 43.7 cm³/mol. The molecule has 2 heteroatoms. The monoisotopic (exact) mass is 164 g/mol. The summed E-state index contributed by atoms with van der Waals surface area (Å²) >= 11 is 0. The van der Waals surface area contributed by atoms with Crippen LogP contribution in [-0.2, 0) is 0 Å². The molecule has 0 radical (unpaired) electrons. The van der Waals surface area contributed by atoms with E-state index in [1.807, 2.05) is 0 Å². The first kappa shape index (κ1) is 7.22. The van der Waals surface area contributed by atoms with Gasteiger partial charge >= 0.3 is 0 Å². The van der Waals surface area contributed by atoms with Gasteiger partial charge in [0.15, 0.2) is 0 Å². The van der Waals surface area contributed by atoms with Gasteiger partial charge in [-0.05, 0) is 12.2 Å². The van der Waals surface area contributed by atoms with E-state index in [4.69, 9.17) is 0 Å². The van der Waals surface area contributed by atoms with Crippen LogP contribution in [0.1, 0.15) is 0 Å². The molecule has 0 N–H and O–H groups in total. The highest BCUT2D eigenvalue weighted by Crippen LogP contribution is 2.30. The van der Waals surface area contributed by atoms with Crippen molar-refractivity contribution < 1.29 is 8.78 Å². The van der Waals surface area contributed by atoms with Gasteiger partial charge in [-0.3, -0.25) is 0 Å². The molecule has 0 aliphatic heterocycles. The molecule has 2 rings (SSSR count). The van der Waals surface area contributed by atoms with E-state index in [1.165, 1.54) is 12.2 Å². The van der Waals surface area contributed by atoms with Crippen molar-refractivity contribution in [1.82, 2.24) is 0 Å². The fraction of sp³-hybridized carbons (Fsp3) is 0. The SMILES string of the molecule is FC1=CC=CC1=C1C=CC=C1F. The third-order valence-electron chi connectivity index (χ3n) is 1.82. The third-order valence-corrected chi connectivity index (χ3v) is 1.82. The van der Waals surface area contributed by atoms with Crippen molar-refractivity contribution in [2.45, 2.75) is 0 Å². The first-order chi connectivity index (χ1) is 5.79. The highest BCUT2D eigenvalue weighted by Gasteiger charge is 2.15. The van der Waals surface area contributed by atoms with E-state index in [0.717, 1.165) is 0 Å². The molecule has 60 valence electrons. The molecule has 0 fully saturated rings. The summed E-state index contributed by atoms with van der Waals surface area (Å²) in [5.74, 6) is -0.750. The first-order valence-electron chi connectivity index (χ1n) is 3.62. The Morgan fingerprint density at radius 2 is 1.17 bits per heavy atom. The molecule has 0 atom stereocenters. The Morgan fingerprint density at radius 1 is 0.750 bits per heavy atom. The van der Waals surface area contributed by atoms with Crippen LogP contribution in [0.3, 0.4) is 0 Å². The van der Waals surface area contributed by atoms with Crippen LogP contribution in [0.2, 0.25) is 0 Å². The zero-order valence-electron chi connectivity index (χ0n) is 6.22. The van der Waals surface area contributed by atoms with Gasteiger partial charge in [0, 0.05) is 11.1 Å². The maximum absolute atomic E-state index is 12.9. The van der Waals surface area contributed by atoms with Crippen LogP contribution >= 0.6 is 0 Å². The fourth-order valence-corrected chi connectivity index (χ4v) is 1.23. The largest absolute Gasteiger partial charge is 0.206 e. The standard InChI is InChI=1S/C10H6F2/c11-9-5-1-3-7(9)8-4-2-6-10(8)12/h1-6H. The van der Waals surface area contributed by atoms with Crippen molar-refractivity contribution in [3.63, 3.8) is 0 Å². The molecule has 2 aliphatic rings. The topological polar surface area (TPSA) is 0 Å². The Labute approximate surface area is 68.9 Å². The van der Waals surface area contributed by atoms with Crippen LogP contribution in [0.5, 0.6) is 0 Å². The molecule has 0 amide bonds. The Bertz CT molecular complexity index is 329. The minimum Gasteiger partial charge on any atom is -0.206 e. The Hall–Kier alpha value is -1.44. The zero-order valence-corrected chi connectivity index (χ0v) is 6.22. The van der Waals surface area contributed by atoms with Gasteiger partial charge in [0.05, 0.1) is 0 Å². The number of halogens is 2. The van der Waals surface area contributed by atoms with Crippen LogP contribution in [0.15, 0.2) is 59.3 Å². The molecule has 0 saturated carbocycles. The van der Waals surface area contributed by atoms with Crippen LogP contribution in [-0.4, -0.2) is 0 Å². The lowest BCUT2D eigenvalue weighted by Gasteiger charge is -1.98. The van der Waals surface area contributed by atoms with Gasteiger partial charge in [-0.2, -0.15) is 0 Å². The molecular weight excluding hydrogens is 158 g/mol. The summed E-state index contributed by atoms with van der Waals surface area (Å²) in [4.78, 5) is 0. The van der Waals surface area contributed by atoms with Crippen molar-refractivity contribution in [2.75, 3.05) is 0 Å². The maximum Gasteiger partial charge on any atom is 0.131 e. The second-order valence-corrected chi connectivity index (χ2v) is 2.57. The summed E-state index contributed by atoms with van der Waals surface area (Å²) in [6.07, 6.45) is 8.90. The fourth-order valence-electron chi connectivity index (χ4n) is 1.23. The zero-order chi connectivity index (χ0) is 8.55. The normalized spacial score (nSPS) is 26.5. The summed E-state index contributed by atoms with van der Waals surface area (Å²) in [7, 11) is 0. The van der Waals surface area contributed by atoms with Gasteiger partial charge in [0.2, 0.25) is 0 Å². The third kappa shape index (κ3) is 0.961. The molecule has 0 saturated heterocycles. The van der Waals surface area contributed by atoms with E-state index in [2.05, 4.69) is 0 Å². The molecule has 0 heterocycles. The summed E-state index contributed by atoms with van der Waals surface area (Å²) in [5, 5.41) is 0. The van der Waals surface area contributed by atoms with E-state index >= 15 is 0 Å². The molecule has 0 aromatic rings. The number of hydrogen-bond donors (Lipinski definition) is 0. The Kier molecular flexibility index (Phi) is 1.54. The van der Waals surface area contributed by atoms with Crippen LogP contribution < -0.4 is 0 Å². The average Bonchev–Trinajstić information content (AvgIpc) is 2.59. The molecule has 0 nitrogen and oxygen atoms in total. The Morgan fingerprint density at radius 3 is 1.42 bits per heavy atom. The van der Waals surface area contributed by atoms with Crippen molar-refractivity contribution in [2.24, 2.45) is 0 Å². The lowest BCUT2D eigenvalue weighted by molar-refractivity contribution is 0.641. The van der Waals surface area contributed by atoms with Crippen molar-refractivity contribution in [3.8, 4) is 0 Å². The quantitative estimate of drug-likeness (QED) is 0.516. The van der Waals surface area contributed by atoms with Gasteiger partial charge in [-0.25, -0.2) is 8.78 Å². The van der Waals surface area contributed by atoms with Gasteiger partial charge in [-0.15, -0.1) is 0 Å². The van der Waals surface area contributed by atoms with Crippen molar-refractivity contribution in [3.05, 3.63) is 59.3 Å². The predicted octanol–water partition coefficient (Wildman–Crippen LogP) is 3.13. The molecule has 0 aromatic heterocycles. The molecule has 2 aliphatic carbocycles. The highest BCUT2D eigenvalue weighted by atomic mass is 19.1. The van der Waals surface area contributed by atoms with Crippen LogP contribution in [0.4, 0.5) is 8.78 Å². The average molecular weight is 164 g/mol. The van der Waals surface area contributed by atoms with Crippen molar-refractivity contribution >= 4 is 0 Å². The van der Waals surface area contributed by atoms with Gasteiger partial charge in [-0.1, -0.05) is 24.3 Å². The van der Waals surface area contributed by atoms with Crippen LogP contribution in [0.25, 0.3) is 0 Å². The van der Waals surface area contributed by atoms with Crippen LogP contribution in [0, 0.1) is 0 Å². The molecular formula is C10H6F2. The second kappa shape index (κ2) is 2.55. The minimum atomic E-state index is -0.375. The van der Waals surface area contributed by atoms with E-state index in [1.54, 1.807) is 24.3 Å². The van der Waals surface area contributed by atoms with E-state index < -0.39 is 0 Å². The Balaban J connectivity index is 2.52. The van der Waals surface area contributed by atoms with Gasteiger partial charge < -0.3 is 0 Å². The molecule has 0 unspecified atom stereocenters. The minimum absolute atomic E-state index is 0.331. The van der Waals surface area contributed by atoms with E-state index in [9.17, 15) is 8.78 Å². The number of rotatable bonds is 0. The van der Waals surface area contributed by atoms with Gasteiger partial charge in [0.25, 0.3) is 0 Å². The number of hydrogen-bond acceptors (Lipinski definition) is 0. The maximum atomic E-state index is 12.9.